The Labute approximate surface area is 128 Å². The van der Waals surface area contributed by atoms with Crippen molar-refractivity contribution in [1.29, 1.82) is 0 Å². The molecule has 0 spiro atoms. The first-order valence-corrected chi connectivity index (χ1v) is 8.67. The number of ether oxygens (including phenoxy) is 1. The van der Waals surface area contributed by atoms with E-state index in [1.54, 1.807) is 7.11 Å². The predicted molar refractivity (Wildman–Crippen MR) is 89.9 cm³/mol. The van der Waals surface area contributed by atoms with Crippen molar-refractivity contribution in [1.82, 2.24) is 5.32 Å². The first kappa shape index (κ1) is 17.4. The number of nitrogens with one attached hydrogen (secondary N) is 1. The molecule has 0 bridgehead atoms. The van der Waals surface area contributed by atoms with Gasteiger partial charge in [0.15, 0.2) is 0 Å². The Morgan fingerprint density at radius 3 is 2.50 bits per heavy atom. The Kier molecular flexibility index (Phi) is 8.79. The second kappa shape index (κ2) is 10.1. The van der Waals surface area contributed by atoms with Crippen molar-refractivity contribution in [2.45, 2.75) is 62.6 Å². The maximum Gasteiger partial charge on any atom is 0.132 e. The van der Waals surface area contributed by atoms with Crippen LogP contribution < -0.4 is 10.1 Å². The van der Waals surface area contributed by atoms with Gasteiger partial charge in [-0.25, -0.2) is 0 Å². The molecule has 0 saturated carbocycles. The van der Waals surface area contributed by atoms with Crippen LogP contribution >= 0.6 is 11.8 Å². The van der Waals surface area contributed by atoms with Gasteiger partial charge in [0, 0.05) is 16.2 Å². The van der Waals surface area contributed by atoms with Crippen LogP contribution in [0.5, 0.6) is 5.75 Å². The van der Waals surface area contributed by atoms with Crippen molar-refractivity contribution in [3.8, 4) is 5.75 Å². The lowest BCUT2D eigenvalue weighted by Gasteiger charge is -2.27. The predicted octanol–water partition coefficient (Wildman–Crippen LogP) is 4.73. The minimum absolute atomic E-state index is 0.583. The minimum atomic E-state index is 0.583. The maximum absolute atomic E-state index is 5.47. The quantitative estimate of drug-likeness (QED) is 0.630. The molecule has 20 heavy (non-hydrogen) atoms. The minimum Gasteiger partial charge on any atom is -0.496 e. The van der Waals surface area contributed by atoms with E-state index in [0.29, 0.717) is 11.3 Å². The van der Waals surface area contributed by atoms with E-state index >= 15 is 0 Å². The van der Waals surface area contributed by atoms with E-state index in [1.165, 1.54) is 30.6 Å². The van der Waals surface area contributed by atoms with Crippen molar-refractivity contribution < 1.29 is 4.74 Å². The smallest absolute Gasteiger partial charge is 0.132 e. The summed E-state index contributed by atoms with van der Waals surface area (Å²) in [5.41, 5.74) is 0. The van der Waals surface area contributed by atoms with Gasteiger partial charge in [0.25, 0.3) is 0 Å². The summed E-state index contributed by atoms with van der Waals surface area (Å²) in [6, 6.07) is 8.91. The van der Waals surface area contributed by atoms with E-state index < -0.39 is 0 Å². The molecule has 0 aromatic heterocycles. The van der Waals surface area contributed by atoms with E-state index in [4.69, 9.17) is 4.74 Å². The molecule has 1 N–H and O–H groups in total. The third kappa shape index (κ3) is 5.37. The summed E-state index contributed by atoms with van der Waals surface area (Å²) in [5.74, 6) is 0.988. The SMILES string of the molecule is CCCNC(CCC)C(CC)Sc1ccccc1OC. The number of hydrogen-bond donors (Lipinski definition) is 1. The maximum atomic E-state index is 5.47. The molecule has 0 aliphatic carbocycles. The molecule has 0 amide bonds. The van der Waals surface area contributed by atoms with Gasteiger partial charge in [0.05, 0.1) is 7.11 Å². The lowest BCUT2D eigenvalue weighted by atomic mass is 10.1. The molecule has 0 heterocycles. The van der Waals surface area contributed by atoms with E-state index in [0.717, 1.165) is 12.3 Å². The third-order valence-corrected chi connectivity index (χ3v) is 5.01. The molecule has 0 fully saturated rings. The van der Waals surface area contributed by atoms with Crippen LogP contribution in [-0.4, -0.2) is 24.9 Å². The number of rotatable bonds is 10. The summed E-state index contributed by atoms with van der Waals surface area (Å²) in [6.07, 6.45) is 4.82. The summed E-state index contributed by atoms with van der Waals surface area (Å²) in [6.45, 7) is 7.88. The first-order chi connectivity index (χ1) is 9.76. The molecule has 1 aromatic rings. The van der Waals surface area contributed by atoms with Crippen LogP contribution in [0.4, 0.5) is 0 Å². The molecule has 3 heteroatoms. The van der Waals surface area contributed by atoms with Gasteiger partial charge in [-0.15, -0.1) is 11.8 Å². The Bertz CT molecular complexity index is 370. The number of thioether (sulfide) groups is 1. The summed E-state index contributed by atoms with van der Waals surface area (Å²) < 4.78 is 5.47. The van der Waals surface area contributed by atoms with Gasteiger partial charge in [0.1, 0.15) is 5.75 Å². The fraction of sp³-hybridized carbons (Fsp3) is 0.647. The normalized spacial score (nSPS) is 14.0. The third-order valence-electron chi connectivity index (χ3n) is 3.45. The zero-order valence-electron chi connectivity index (χ0n) is 13.3. The second-order valence-electron chi connectivity index (χ2n) is 5.06. The highest BCUT2D eigenvalue weighted by atomic mass is 32.2. The fourth-order valence-electron chi connectivity index (χ4n) is 2.39. The first-order valence-electron chi connectivity index (χ1n) is 7.79. The lowest BCUT2D eigenvalue weighted by Crippen LogP contribution is -2.38. The number of methoxy groups -OCH3 is 1. The van der Waals surface area contributed by atoms with Gasteiger partial charge < -0.3 is 10.1 Å². The van der Waals surface area contributed by atoms with Crippen LogP contribution in [0.15, 0.2) is 29.2 Å². The largest absolute Gasteiger partial charge is 0.496 e. The van der Waals surface area contributed by atoms with Gasteiger partial charge in [-0.2, -0.15) is 0 Å². The number of benzene rings is 1. The van der Waals surface area contributed by atoms with Gasteiger partial charge >= 0.3 is 0 Å². The molecule has 114 valence electrons. The van der Waals surface area contributed by atoms with Gasteiger partial charge in [-0.1, -0.05) is 39.3 Å². The van der Waals surface area contributed by atoms with Crippen molar-refractivity contribution in [3.63, 3.8) is 0 Å². The van der Waals surface area contributed by atoms with Gasteiger partial charge in [-0.05, 0) is 37.9 Å². The lowest BCUT2D eigenvalue weighted by molar-refractivity contribution is 0.404. The molecule has 0 saturated heterocycles. The van der Waals surface area contributed by atoms with E-state index in [9.17, 15) is 0 Å². The Morgan fingerprint density at radius 1 is 1.15 bits per heavy atom. The molecular formula is C17H29NOS. The van der Waals surface area contributed by atoms with E-state index in [1.807, 2.05) is 23.9 Å². The fourth-order valence-corrected chi connectivity index (χ4v) is 3.70. The second-order valence-corrected chi connectivity index (χ2v) is 6.35. The van der Waals surface area contributed by atoms with Crippen molar-refractivity contribution in [2.24, 2.45) is 0 Å². The summed E-state index contributed by atoms with van der Waals surface area (Å²) >= 11 is 1.95. The van der Waals surface area contributed by atoms with Crippen LogP contribution in [0.2, 0.25) is 0 Å². The topological polar surface area (TPSA) is 21.3 Å². The van der Waals surface area contributed by atoms with Crippen molar-refractivity contribution >= 4 is 11.8 Å². The average Bonchev–Trinajstić information content (AvgIpc) is 2.49. The van der Waals surface area contributed by atoms with Gasteiger partial charge in [-0.3, -0.25) is 0 Å². The molecule has 1 aromatic carbocycles. The summed E-state index contributed by atoms with van der Waals surface area (Å²) in [7, 11) is 1.75. The molecule has 2 atom stereocenters. The molecule has 0 aliphatic heterocycles. The molecule has 0 radical (unpaired) electrons. The molecule has 2 nitrogen and oxygen atoms in total. The zero-order chi connectivity index (χ0) is 14.8. The van der Waals surface area contributed by atoms with E-state index in [2.05, 4.69) is 38.2 Å². The van der Waals surface area contributed by atoms with Crippen LogP contribution in [0.25, 0.3) is 0 Å². The highest BCUT2D eigenvalue weighted by Crippen LogP contribution is 2.35. The van der Waals surface area contributed by atoms with Crippen LogP contribution in [0.3, 0.4) is 0 Å². The monoisotopic (exact) mass is 295 g/mol. The Hall–Kier alpha value is -0.670. The average molecular weight is 295 g/mol. The number of para-hydroxylation sites is 1. The van der Waals surface area contributed by atoms with Crippen molar-refractivity contribution in [2.75, 3.05) is 13.7 Å². The summed E-state index contributed by atoms with van der Waals surface area (Å²) in [5, 5.41) is 4.31. The zero-order valence-corrected chi connectivity index (χ0v) is 14.1. The standard InChI is InChI=1S/C17H29NOS/c1-5-10-14(18-13-6-2)16(7-3)20-17-12-9-8-11-15(17)19-4/h8-9,11-12,14,16,18H,5-7,10,13H2,1-4H3. The summed E-state index contributed by atoms with van der Waals surface area (Å²) in [4.78, 5) is 1.25. The number of hydrogen-bond acceptors (Lipinski definition) is 3. The van der Waals surface area contributed by atoms with Crippen LogP contribution in [0.1, 0.15) is 46.5 Å². The van der Waals surface area contributed by atoms with Crippen LogP contribution in [0, 0.1) is 0 Å². The van der Waals surface area contributed by atoms with E-state index in [-0.39, 0.29) is 0 Å². The molecule has 2 unspecified atom stereocenters. The highest BCUT2D eigenvalue weighted by molar-refractivity contribution is 8.00. The van der Waals surface area contributed by atoms with Gasteiger partial charge in [0.2, 0.25) is 0 Å². The Balaban J connectivity index is 2.76. The molecule has 1 rings (SSSR count). The molecular weight excluding hydrogens is 266 g/mol. The van der Waals surface area contributed by atoms with Crippen molar-refractivity contribution in [3.05, 3.63) is 24.3 Å². The van der Waals surface area contributed by atoms with Crippen LogP contribution in [-0.2, 0) is 0 Å². The Morgan fingerprint density at radius 2 is 1.90 bits per heavy atom. The molecule has 0 aliphatic rings. The highest BCUT2D eigenvalue weighted by Gasteiger charge is 2.21.